The summed E-state index contributed by atoms with van der Waals surface area (Å²) in [5.41, 5.74) is 0.278. The van der Waals surface area contributed by atoms with Crippen LogP contribution in [0.15, 0.2) is 47.4 Å². The highest BCUT2D eigenvalue weighted by Gasteiger charge is 2.62. The molecule has 0 radical (unpaired) electrons. The number of carbonyl (C=O) groups is 1. The van der Waals surface area contributed by atoms with Crippen molar-refractivity contribution in [1.29, 1.82) is 0 Å². The van der Waals surface area contributed by atoms with E-state index in [-0.39, 0.29) is 10.8 Å². The van der Waals surface area contributed by atoms with Crippen LogP contribution >= 0.6 is 11.8 Å². The Morgan fingerprint density at radius 3 is 2.59 bits per heavy atom. The first-order valence-corrected chi connectivity index (χ1v) is 9.30. The van der Waals surface area contributed by atoms with E-state index in [1.807, 2.05) is 11.8 Å². The molecule has 0 heterocycles. The van der Waals surface area contributed by atoms with Crippen molar-refractivity contribution >= 4 is 17.5 Å². The molecule has 0 spiro atoms. The summed E-state index contributed by atoms with van der Waals surface area (Å²) in [6.45, 7) is 6.84. The Balaban J connectivity index is 1.55. The first-order chi connectivity index (χ1) is 10.4. The van der Waals surface area contributed by atoms with Crippen molar-refractivity contribution < 1.29 is 4.79 Å². The molecule has 3 aliphatic carbocycles. The van der Waals surface area contributed by atoms with Crippen LogP contribution in [0.4, 0.5) is 0 Å². The summed E-state index contributed by atoms with van der Waals surface area (Å²) in [6.07, 6.45) is 7.57. The summed E-state index contributed by atoms with van der Waals surface area (Å²) in [6, 6.07) is 10.5. The van der Waals surface area contributed by atoms with Gasteiger partial charge in [0.1, 0.15) is 5.78 Å². The molecule has 1 nitrogen and oxygen atoms in total. The molecule has 3 fully saturated rings. The smallest absolute Gasteiger partial charge is 0.137 e. The Labute approximate surface area is 138 Å². The van der Waals surface area contributed by atoms with Gasteiger partial charge in [-0.05, 0) is 41.7 Å². The molecule has 2 bridgehead atoms. The molecule has 3 saturated carbocycles. The number of benzene rings is 1. The highest BCUT2D eigenvalue weighted by Crippen LogP contribution is 2.64. The topological polar surface area (TPSA) is 17.1 Å². The molecule has 0 amide bonds. The van der Waals surface area contributed by atoms with E-state index in [4.69, 9.17) is 0 Å². The number of hydrogen-bond donors (Lipinski definition) is 0. The van der Waals surface area contributed by atoms with Gasteiger partial charge in [0, 0.05) is 23.0 Å². The predicted octanol–water partition coefficient (Wildman–Crippen LogP) is 5.37. The van der Waals surface area contributed by atoms with E-state index in [1.54, 1.807) is 0 Å². The van der Waals surface area contributed by atoms with E-state index >= 15 is 0 Å². The van der Waals surface area contributed by atoms with Crippen molar-refractivity contribution in [3.63, 3.8) is 0 Å². The van der Waals surface area contributed by atoms with Gasteiger partial charge in [-0.3, -0.25) is 4.79 Å². The monoisotopic (exact) mass is 314 g/mol. The van der Waals surface area contributed by atoms with Crippen LogP contribution in [0.5, 0.6) is 0 Å². The summed E-state index contributed by atoms with van der Waals surface area (Å²) in [5.74, 6) is 2.58. The van der Waals surface area contributed by atoms with Gasteiger partial charge in [0.2, 0.25) is 0 Å². The molecule has 1 aromatic carbocycles. The zero-order valence-corrected chi connectivity index (χ0v) is 14.7. The summed E-state index contributed by atoms with van der Waals surface area (Å²) in [5, 5.41) is 0. The minimum absolute atomic E-state index is 0.0761. The molecule has 0 aliphatic heterocycles. The van der Waals surface area contributed by atoms with E-state index in [1.165, 1.54) is 4.90 Å². The van der Waals surface area contributed by atoms with Gasteiger partial charge in [-0.1, -0.05) is 51.1 Å². The summed E-state index contributed by atoms with van der Waals surface area (Å²) in [4.78, 5) is 13.6. The molecule has 4 rings (SSSR count). The second kappa shape index (κ2) is 5.88. The van der Waals surface area contributed by atoms with Gasteiger partial charge in [-0.15, -0.1) is 11.8 Å². The number of ketones is 1. The van der Waals surface area contributed by atoms with Crippen LogP contribution in [0.1, 0.15) is 40.0 Å². The van der Waals surface area contributed by atoms with Crippen molar-refractivity contribution in [2.24, 2.45) is 22.7 Å². The van der Waals surface area contributed by atoms with Crippen molar-refractivity contribution in [2.75, 3.05) is 5.75 Å². The van der Waals surface area contributed by atoms with Crippen molar-refractivity contribution in [3.05, 3.63) is 42.5 Å². The van der Waals surface area contributed by atoms with Crippen LogP contribution in [-0.2, 0) is 4.79 Å². The maximum absolute atomic E-state index is 12.3. The third kappa shape index (κ3) is 2.78. The van der Waals surface area contributed by atoms with E-state index in [2.05, 4.69) is 63.3 Å². The van der Waals surface area contributed by atoms with Crippen molar-refractivity contribution in [2.45, 2.75) is 44.9 Å². The van der Waals surface area contributed by atoms with Gasteiger partial charge in [-0.2, -0.15) is 0 Å². The van der Waals surface area contributed by atoms with Crippen LogP contribution < -0.4 is 0 Å². The third-order valence-electron chi connectivity index (χ3n) is 5.80. The number of allylic oxidation sites excluding steroid dienone is 2. The van der Waals surface area contributed by atoms with E-state index < -0.39 is 0 Å². The molecule has 1 aromatic rings. The Bertz CT molecular complexity index is 575. The second-order valence-corrected chi connectivity index (χ2v) is 8.83. The van der Waals surface area contributed by atoms with Gasteiger partial charge in [-0.25, -0.2) is 0 Å². The average Bonchev–Trinajstić information content (AvgIpc) is 2.46. The van der Waals surface area contributed by atoms with Crippen LogP contribution in [0.2, 0.25) is 0 Å². The quantitative estimate of drug-likeness (QED) is 0.413. The number of carbonyl (C=O) groups excluding carboxylic acids is 1. The average molecular weight is 314 g/mol. The number of Topliss-reactive ketones (excluding diaryl/α,β-unsaturated/α-hetero) is 1. The lowest BCUT2D eigenvalue weighted by Crippen LogP contribution is -2.60. The Kier molecular flexibility index (Phi) is 4.24. The van der Waals surface area contributed by atoms with Crippen molar-refractivity contribution in [3.8, 4) is 0 Å². The number of thioether (sulfide) groups is 1. The Morgan fingerprint density at radius 2 is 1.95 bits per heavy atom. The lowest BCUT2D eigenvalue weighted by Gasteiger charge is -2.62. The molecule has 2 heteroatoms. The fraction of sp³-hybridized carbons (Fsp3) is 0.550. The molecule has 3 unspecified atom stereocenters. The normalized spacial score (nSPS) is 33.0. The third-order valence-corrected chi connectivity index (χ3v) is 6.85. The minimum atomic E-state index is 0.0761. The number of rotatable bonds is 5. The SMILES string of the molecule is CC1(/C=C/CCSc2ccccc2)CC(=O)C2CC1C2(C)C. The van der Waals surface area contributed by atoms with E-state index in [0.717, 1.165) is 25.0 Å². The van der Waals surface area contributed by atoms with E-state index in [9.17, 15) is 4.79 Å². The first kappa shape index (κ1) is 15.9. The lowest BCUT2D eigenvalue weighted by atomic mass is 9.41. The maximum atomic E-state index is 12.3. The zero-order valence-electron chi connectivity index (χ0n) is 13.8. The fourth-order valence-electron chi connectivity index (χ4n) is 4.50. The van der Waals surface area contributed by atoms with Gasteiger partial charge in [0.25, 0.3) is 0 Å². The Hall–Kier alpha value is -1.02. The van der Waals surface area contributed by atoms with Crippen LogP contribution in [0.3, 0.4) is 0 Å². The summed E-state index contributed by atoms with van der Waals surface area (Å²) >= 11 is 1.90. The molecule has 3 atom stereocenters. The van der Waals surface area contributed by atoms with Gasteiger partial charge < -0.3 is 0 Å². The van der Waals surface area contributed by atoms with Crippen LogP contribution in [-0.4, -0.2) is 11.5 Å². The van der Waals surface area contributed by atoms with Gasteiger partial charge >= 0.3 is 0 Å². The van der Waals surface area contributed by atoms with Crippen molar-refractivity contribution in [1.82, 2.24) is 0 Å². The lowest BCUT2D eigenvalue weighted by molar-refractivity contribution is -0.165. The molecule has 22 heavy (non-hydrogen) atoms. The molecule has 118 valence electrons. The zero-order chi connectivity index (χ0) is 15.8. The largest absolute Gasteiger partial charge is 0.299 e. The highest BCUT2D eigenvalue weighted by molar-refractivity contribution is 7.99. The summed E-state index contributed by atoms with van der Waals surface area (Å²) < 4.78 is 0. The molecule has 0 N–H and O–H groups in total. The molecular formula is C20H26OS. The van der Waals surface area contributed by atoms with Crippen LogP contribution in [0.25, 0.3) is 0 Å². The molecule has 0 saturated heterocycles. The molecule has 0 aromatic heterocycles. The molecule has 3 aliphatic rings. The highest BCUT2D eigenvalue weighted by atomic mass is 32.2. The van der Waals surface area contributed by atoms with E-state index in [0.29, 0.717) is 17.6 Å². The minimum Gasteiger partial charge on any atom is -0.299 e. The molecular weight excluding hydrogens is 288 g/mol. The summed E-state index contributed by atoms with van der Waals surface area (Å²) in [7, 11) is 0. The van der Waals surface area contributed by atoms with Gasteiger partial charge in [0.05, 0.1) is 0 Å². The Morgan fingerprint density at radius 1 is 1.23 bits per heavy atom. The maximum Gasteiger partial charge on any atom is 0.137 e. The van der Waals surface area contributed by atoms with Crippen LogP contribution in [0, 0.1) is 22.7 Å². The fourth-order valence-corrected chi connectivity index (χ4v) is 5.34. The number of fused-ring (bicyclic) bond motifs is 2. The second-order valence-electron chi connectivity index (χ2n) is 7.66. The standard InChI is InChI=1S/C20H26OS/c1-19(2)16-13-18(19)20(3,14-17(16)21)11-7-8-12-22-15-9-5-4-6-10-15/h4-7,9-11,16,18H,8,12-14H2,1-3H3/b11-7+. The first-order valence-electron chi connectivity index (χ1n) is 8.32. The number of hydrogen-bond acceptors (Lipinski definition) is 2. The van der Waals surface area contributed by atoms with Gasteiger partial charge in [0.15, 0.2) is 0 Å². The predicted molar refractivity (Wildman–Crippen MR) is 94.0 cm³/mol.